The highest BCUT2D eigenvalue weighted by atomic mass is 16.7. The lowest BCUT2D eigenvalue weighted by Crippen LogP contribution is -2.08. The lowest BCUT2D eigenvalue weighted by Gasteiger charge is -2.05. The average Bonchev–Trinajstić information content (AvgIpc) is 3.44. The van der Waals surface area contributed by atoms with E-state index in [9.17, 15) is 14.7 Å². The number of aryl methyl sites for hydroxylation is 1. The third kappa shape index (κ3) is 5.40. The molecule has 1 aliphatic rings. The first-order chi connectivity index (χ1) is 16.0. The number of fused-ring (bicyclic) bond motifs is 2. The summed E-state index contributed by atoms with van der Waals surface area (Å²) in [4.78, 5) is 24.3. The summed E-state index contributed by atoms with van der Waals surface area (Å²) in [6, 6.07) is 8.63. The minimum atomic E-state index is -0.461. The van der Waals surface area contributed by atoms with Crippen molar-refractivity contribution in [3.63, 3.8) is 0 Å². The number of aromatic nitrogens is 3. The second-order valence-electron chi connectivity index (χ2n) is 7.31. The molecular weight excluding hydrogens is 430 g/mol. The predicted molar refractivity (Wildman–Crippen MR) is 116 cm³/mol. The molecule has 0 saturated heterocycles. The van der Waals surface area contributed by atoms with Crippen molar-refractivity contribution >= 4 is 23.0 Å². The maximum Gasteiger partial charge on any atom is 0.330 e. The van der Waals surface area contributed by atoms with E-state index in [1.807, 2.05) is 18.2 Å². The molecule has 1 N–H and O–H groups in total. The van der Waals surface area contributed by atoms with Crippen LogP contribution < -0.4 is 9.47 Å². The van der Waals surface area contributed by atoms with Crippen LogP contribution in [-0.2, 0) is 25.5 Å². The normalized spacial score (nSPS) is 12.0. The summed E-state index contributed by atoms with van der Waals surface area (Å²) in [5.74, 6) is 0.199. The molecule has 0 spiro atoms. The van der Waals surface area contributed by atoms with Gasteiger partial charge in [0.2, 0.25) is 6.79 Å². The molecule has 33 heavy (non-hydrogen) atoms. The van der Waals surface area contributed by atoms with E-state index in [-0.39, 0.29) is 38.1 Å². The van der Waals surface area contributed by atoms with Gasteiger partial charge in [-0.3, -0.25) is 4.79 Å². The zero-order valence-corrected chi connectivity index (χ0v) is 17.9. The van der Waals surface area contributed by atoms with Gasteiger partial charge >= 0.3 is 11.9 Å². The quantitative estimate of drug-likeness (QED) is 0.280. The number of carbonyl (C=O) groups excluding carboxylic acids is 2. The molecule has 0 radical (unpaired) electrons. The van der Waals surface area contributed by atoms with Crippen molar-refractivity contribution in [1.29, 1.82) is 0 Å². The maximum atomic E-state index is 12.0. The van der Waals surface area contributed by atoms with Crippen LogP contribution in [0.2, 0.25) is 0 Å². The lowest BCUT2D eigenvalue weighted by molar-refractivity contribution is -0.144. The van der Waals surface area contributed by atoms with Gasteiger partial charge in [0.05, 0.1) is 13.2 Å². The molecule has 4 rings (SSSR count). The highest BCUT2D eigenvalue weighted by Gasteiger charge is 2.19. The molecule has 2 aromatic carbocycles. The van der Waals surface area contributed by atoms with E-state index in [1.54, 1.807) is 6.07 Å². The summed E-state index contributed by atoms with van der Waals surface area (Å²) in [7, 11) is 0. The molecule has 0 saturated carbocycles. The van der Waals surface area contributed by atoms with E-state index in [2.05, 4.69) is 16.8 Å². The number of unbranched alkanes of at least 4 members (excludes halogenated alkanes) is 1. The molecule has 10 heteroatoms. The largest absolute Gasteiger partial charge is 0.505 e. The topological polar surface area (TPSA) is 122 Å². The van der Waals surface area contributed by atoms with Crippen LogP contribution in [0.4, 0.5) is 0 Å². The zero-order chi connectivity index (χ0) is 23.2. The first-order valence-corrected chi connectivity index (χ1v) is 10.5. The molecule has 3 aromatic rings. The van der Waals surface area contributed by atoms with Crippen molar-refractivity contribution in [3.05, 3.63) is 48.6 Å². The van der Waals surface area contributed by atoms with E-state index >= 15 is 0 Å². The first kappa shape index (κ1) is 22.1. The molecule has 0 unspecified atom stereocenters. The molecule has 0 bridgehead atoms. The van der Waals surface area contributed by atoms with Crippen LogP contribution in [0.5, 0.6) is 17.2 Å². The zero-order valence-electron chi connectivity index (χ0n) is 17.9. The standard InChI is InChI=1S/C23H23N3O7/c1-2-22(28)30-9-3-4-10-31-23(29)8-6-15-5-7-16-17(11-15)25-26(24-16)18-12-20-21(13-19(18)27)33-14-32-20/h2,5,7,11-13,27H,1,3-4,6,8-10,14H2. The van der Waals surface area contributed by atoms with Crippen LogP contribution in [-0.4, -0.2) is 52.0 Å². The van der Waals surface area contributed by atoms with Gasteiger partial charge in [0.15, 0.2) is 11.5 Å². The fraction of sp³-hybridized carbons (Fsp3) is 0.304. The minimum absolute atomic E-state index is 0.0265. The van der Waals surface area contributed by atoms with Crippen molar-refractivity contribution in [1.82, 2.24) is 15.0 Å². The molecule has 1 aromatic heterocycles. The van der Waals surface area contributed by atoms with Gasteiger partial charge < -0.3 is 24.1 Å². The summed E-state index contributed by atoms with van der Waals surface area (Å²) in [6.07, 6.45) is 3.05. The van der Waals surface area contributed by atoms with Crippen LogP contribution >= 0.6 is 0 Å². The van der Waals surface area contributed by atoms with Crippen molar-refractivity contribution in [2.24, 2.45) is 0 Å². The van der Waals surface area contributed by atoms with E-state index in [1.165, 1.54) is 10.9 Å². The number of ether oxygens (including phenoxy) is 4. The summed E-state index contributed by atoms with van der Waals surface area (Å²) in [6.45, 7) is 3.97. The number of esters is 2. The van der Waals surface area contributed by atoms with E-state index < -0.39 is 5.97 Å². The Morgan fingerprint density at radius 1 is 1.06 bits per heavy atom. The fourth-order valence-corrected chi connectivity index (χ4v) is 3.24. The number of hydrogen-bond donors (Lipinski definition) is 1. The second-order valence-corrected chi connectivity index (χ2v) is 7.31. The van der Waals surface area contributed by atoms with Gasteiger partial charge in [0.25, 0.3) is 0 Å². The molecule has 2 heterocycles. The van der Waals surface area contributed by atoms with Crippen molar-refractivity contribution in [2.45, 2.75) is 25.7 Å². The van der Waals surface area contributed by atoms with Gasteiger partial charge in [-0.25, -0.2) is 4.79 Å². The maximum absolute atomic E-state index is 12.0. The summed E-state index contributed by atoms with van der Waals surface area (Å²) in [5, 5.41) is 19.1. The van der Waals surface area contributed by atoms with Gasteiger partial charge in [0.1, 0.15) is 22.5 Å². The number of aromatic hydroxyl groups is 1. The van der Waals surface area contributed by atoms with E-state index in [0.29, 0.717) is 47.5 Å². The monoisotopic (exact) mass is 453 g/mol. The summed E-state index contributed by atoms with van der Waals surface area (Å²) in [5.41, 5.74) is 2.57. The van der Waals surface area contributed by atoms with E-state index in [0.717, 1.165) is 11.6 Å². The Morgan fingerprint density at radius 3 is 2.58 bits per heavy atom. The van der Waals surface area contributed by atoms with Crippen molar-refractivity contribution in [2.75, 3.05) is 20.0 Å². The number of carbonyl (C=O) groups is 2. The van der Waals surface area contributed by atoms with Crippen LogP contribution in [0.15, 0.2) is 43.0 Å². The van der Waals surface area contributed by atoms with Gasteiger partial charge in [0, 0.05) is 24.6 Å². The van der Waals surface area contributed by atoms with Crippen LogP contribution in [0.1, 0.15) is 24.8 Å². The molecule has 0 aliphatic carbocycles. The number of hydrogen-bond acceptors (Lipinski definition) is 9. The molecular formula is C23H23N3O7. The number of phenols is 1. The van der Waals surface area contributed by atoms with Gasteiger partial charge in [-0.2, -0.15) is 0 Å². The number of rotatable bonds is 10. The minimum Gasteiger partial charge on any atom is -0.505 e. The Kier molecular flexibility index (Phi) is 6.72. The number of benzene rings is 2. The lowest BCUT2D eigenvalue weighted by atomic mass is 10.1. The third-order valence-electron chi connectivity index (χ3n) is 4.96. The molecule has 0 fully saturated rings. The van der Waals surface area contributed by atoms with Gasteiger partial charge in [-0.05, 0) is 37.0 Å². The number of nitrogens with zero attached hydrogens (tertiary/aromatic N) is 3. The SMILES string of the molecule is C=CC(=O)OCCCCOC(=O)CCc1ccc2nn(-c3cc4c(cc3O)OCO4)nc2c1. The Hall–Kier alpha value is -4.08. The summed E-state index contributed by atoms with van der Waals surface area (Å²) >= 11 is 0. The second kappa shape index (κ2) is 10.0. The Morgan fingerprint density at radius 2 is 1.79 bits per heavy atom. The van der Waals surface area contributed by atoms with Gasteiger partial charge in [-0.15, -0.1) is 15.0 Å². The fourth-order valence-electron chi connectivity index (χ4n) is 3.24. The third-order valence-corrected chi connectivity index (χ3v) is 4.96. The average molecular weight is 453 g/mol. The molecule has 0 atom stereocenters. The molecule has 1 aliphatic heterocycles. The Balaban J connectivity index is 1.30. The highest BCUT2D eigenvalue weighted by molar-refractivity contribution is 5.81. The van der Waals surface area contributed by atoms with Gasteiger partial charge in [-0.1, -0.05) is 12.6 Å². The van der Waals surface area contributed by atoms with Crippen LogP contribution in [0.25, 0.3) is 16.7 Å². The Labute approximate surface area is 189 Å². The Bertz CT molecular complexity index is 1190. The first-order valence-electron chi connectivity index (χ1n) is 10.5. The summed E-state index contributed by atoms with van der Waals surface area (Å²) < 4.78 is 20.7. The van der Waals surface area contributed by atoms with Crippen LogP contribution in [0.3, 0.4) is 0 Å². The highest BCUT2D eigenvalue weighted by Crippen LogP contribution is 2.39. The van der Waals surface area contributed by atoms with E-state index in [4.69, 9.17) is 18.9 Å². The number of phenolic OH excluding ortho intramolecular Hbond substituents is 1. The predicted octanol–water partition coefficient (Wildman–Crippen LogP) is 2.84. The van der Waals surface area contributed by atoms with Crippen molar-refractivity contribution in [3.8, 4) is 22.9 Å². The molecule has 172 valence electrons. The van der Waals surface area contributed by atoms with Crippen LogP contribution in [0, 0.1) is 0 Å². The molecule has 10 nitrogen and oxygen atoms in total. The van der Waals surface area contributed by atoms with Crippen molar-refractivity contribution < 1.29 is 33.6 Å². The smallest absolute Gasteiger partial charge is 0.330 e. The molecule has 0 amide bonds.